The van der Waals surface area contributed by atoms with Gasteiger partial charge in [0.25, 0.3) is 0 Å². The van der Waals surface area contributed by atoms with Crippen molar-refractivity contribution < 1.29 is 17.9 Å². The lowest BCUT2D eigenvalue weighted by molar-refractivity contribution is -0.140. The van der Waals surface area contributed by atoms with E-state index in [2.05, 4.69) is 4.74 Å². The predicted molar refractivity (Wildman–Crippen MR) is 102 cm³/mol. The Balaban J connectivity index is 2.10. The number of esters is 1. The van der Waals surface area contributed by atoms with Crippen molar-refractivity contribution in [3.05, 3.63) is 54.1 Å². The Hall–Kier alpha value is -2.41. The summed E-state index contributed by atoms with van der Waals surface area (Å²) in [5.41, 5.74) is 6.72. The Morgan fingerprint density at radius 1 is 1.31 bits per heavy atom. The number of hydrogen-bond donors (Lipinski definition) is 2. The van der Waals surface area contributed by atoms with Crippen molar-refractivity contribution in [2.45, 2.75) is 19.3 Å². The van der Waals surface area contributed by atoms with Crippen LogP contribution >= 0.6 is 0 Å². The molecule has 1 aliphatic carbocycles. The van der Waals surface area contributed by atoms with Crippen LogP contribution in [-0.2, 0) is 19.4 Å². The van der Waals surface area contributed by atoms with Gasteiger partial charge in [0.15, 0.2) is 9.84 Å². The Morgan fingerprint density at radius 3 is 2.54 bits per heavy atom. The Morgan fingerprint density at radius 2 is 2.00 bits per heavy atom. The van der Waals surface area contributed by atoms with E-state index in [1.165, 1.54) is 7.11 Å². The van der Waals surface area contributed by atoms with Gasteiger partial charge in [0.05, 0.1) is 24.0 Å². The first-order valence-electron chi connectivity index (χ1n) is 8.34. The topological polar surface area (TPSA) is 110 Å². The van der Waals surface area contributed by atoms with Crippen molar-refractivity contribution in [3.8, 4) is 0 Å². The molecule has 0 fully saturated rings. The number of sulfone groups is 1. The summed E-state index contributed by atoms with van der Waals surface area (Å²) >= 11 is 0. The molecule has 1 aliphatic rings. The molecule has 2 rings (SSSR count). The van der Waals surface area contributed by atoms with Gasteiger partial charge in [-0.25, -0.2) is 8.42 Å². The number of nitrogens with one attached hydrogen (secondary N) is 1. The molecule has 0 saturated heterocycles. The lowest BCUT2D eigenvalue weighted by Gasteiger charge is -2.31. The number of amidine groups is 1. The van der Waals surface area contributed by atoms with Crippen LogP contribution in [0, 0.1) is 10.8 Å². The zero-order valence-corrected chi connectivity index (χ0v) is 15.6. The van der Waals surface area contributed by atoms with Crippen molar-refractivity contribution in [3.63, 3.8) is 0 Å². The highest BCUT2D eigenvalue weighted by Gasteiger charge is 2.37. The van der Waals surface area contributed by atoms with Crippen LogP contribution in [0.4, 0.5) is 0 Å². The fourth-order valence-electron chi connectivity index (χ4n) is 2.91. The second kappa shape index (κ2) is 8.31. The third-order valence-corrected chi connectivity index (χ3v) is 6.32. The van der Waals surface area contributed by atoms with E-state index < -0.39 is 21.2 Å². The van der Waals surface area contributed by atoms with Gasteiger partial charge in [-0.1, -0.05) is 48.6 Å². The van der Waals surface area contributed by atoms with E-state index in [4.69, 9.17) is 11.1 Å². The van der Waals surface area contributed by atoms with Crippen molar-refractivity contribution >= 4 is 27.2 Å². The third kappa shape index (κ3) is 5.05. The van der Waals surface area contributed by atoms with E-state index >= 15 is 0 Å². The van der Waals surface area contributed by atoms with E-state index in [0.29, 0.717) is 6.42 Å². The Bertz CT molecular complexity index is 828. The maximum atomic E-state index is 12.5. The summed E-state index contributed by atoms with van der Waals surface area (Å²) in [4.78, 5) is 11.1. The highest BCUT2D eigenvalue weighted by molar-refractivity contribution is 7.91. The lowest BCUT2D eigenvalue weighted by Crippen LogP contribution is -2.42. The number of rotatable bonds is 8. The van der Waals surface area contributed by atoms with Crippen molar-refractivity contribution in [2.75, 3.05) is 18.6 Å². The predicted octanol–water partition coefficient (Wildman–Crippen LogP) is 2.32. The molecule has 1 unspecified atom stereocenters. The van der Waals surface area contributed by atoms with Crippen LogP contribution < -0.4 is 5.73 Å². The quantitative estimate of drug-likeness (QED) is 0.411. The average molecular weight is 376 g/mol. The van der Waals surface area contributed by atoms with Gasteiger partial charge < -0.3 is 10.5 Å². The normalized spacial score (nSPS) is 19.7. The van der Waals surface area contributed by atoms with E-state index in [1.807, 2.05) is 42.5 Å². The summed E-state index contributed by atoms with van der Waals surface area (Å²) in [6.45, 7) is 0. The molecular formula is C19H24N2O4S. The van der Waals surface area contributed by atoms with Crippen LogP contribution in [0.5, 0.6) is 0 Å². The molecule has 0 spiro atoms. The number of carbonyl (C=O) groups excluding carboxylic acids is 1. The first kappa shape index (κ1) is 19.9. The molecule has 0 amide bonds. The first-order chi connectivity index (χ1) is 12.3. The van der Waals surface area contributed by atoms with Gasteiger partial charge in [0.1, 0.15) is 5.84 Å². The molecular weight excluding hydrogens is 352 g/mol. The maximum absolute atomic E-state index is 12.5. The van der Waals surface area contributed by atoms with E-state index in [-0.39, 0.29) is 30.2 Å². The fraction of sp³-hybridized carbons (Fsp3) is 0.368. The molecule has 1 atom stereocenters. The zero-order chi connectivity index (χ0) is 19.2. The van der Waals surface area contributed by atoms with Gasteiger partial charge in [-0.2, -0.15) is 0 Å². The standard InChI is InChI=1S/C19H24N2O4S/c1-25-17(22)8-5-13-26(23,24)14-19(18(20)21)11-9-16(10-12-19)15-6-3-2-4-7-15/h2-4,6-7,9-11H,5,8,12-14H2,1H3,(H3,20,21). The third-order valence-electron chi connectivity index (χ3n) is 4.45. The summed E-state index contributed by atoms with van der Waals surface area (Å²) < 4.78 is 29.5. The molecule has 6 nitrogen and oxygen atoms in total. The van der Waals surface area contributed by atoms with Crippen molar-refractivity contribution in [1.82, 2.24) is 0 Å². The van der Waals surface area contributed by atoms with E-state index in [9.17, 15) is 13.2 Å². The number of hydrogen-bond acceptors (Lipinski definition) is 5. The van der Waals surface area contributed by atoms with E-state index in [1.54, 1.807) is 6.08 Å². The van der Waals surface area contributed by atoms with Crippen LogP contribution in [0.2, 0.25) is 0 Å². The van der Waals surface area contributed by atoms with Gasteiger partial charge in [-0.05, 0) is 24.0 Å². The Kier molecular flexibility index (Phi) is 6.37. The molecule has 0 aromatic heterocycles. The molecule has 0 aliphatic heterocycles. The molecule has 1 aromatic rings. The monoisotopic (exact) mass is 376 g/mol. The van der Waals surface area contributed by atoms with Crippen LogP contribution in [0.3, 0.4) is 0 Å². The molecule has 1 aromatic carbocycles. The molecule has 26 heavy (non-hydrogen) atoms. The Labute approximate surface area is 154 Å². The SMILES string of the molecule is COC(=O)CCCS(=O)(=O)CC1(C(=N)N)C=CC(c2ccccc2)=CC1. The number of allylic oxidation sites excluding steroid dienone is 3. The summed E-state index contributed by atoms with van der Waals surface area (Å²) in [6.07, 6.45) is 6.05. The summed E-state index contributed by atoms with van der Waals surface area (Å²) in [6, 6.07) is 9.74. The van der Waals surface area contributed by atoms with Gasteiger partial charge in [-0.3, -0.25) is 10.2 Å². The van der Waals surface area contributed by atoms with Crippen LogP contribution in [0.1, 0.15) is 24.8 Å². The number of methoxy groups -OCH3 is 1. The van der Waals surface area contributed by atoms with Crippen molar-refractivity contribution in [1.29, 1.82) is 5.41 Å². The zero-order valence-electron chi connectivity index (χ0n) is 14.8. The molecule has 3 N–H and O–H groups in total. The van der Waals surface area contributed by atoms with Crippen LogP contribution in [-0.4, -0.2) is 38.8 Å². The maximum Gasteiger partial charge on any atom is 0.305 e. The molecule has 0 saturated carbocycles. The molecule has 0 radical (unpaired) electrons. The highest BCUT2D eigenvalue weighted by atomic mass is 32.2. The van der Waals surface area contributed by atoms with Crippen LogP contribution in [0.15, 0.2) is 48.6 Å². The van der Waals surface area contributed by atoms with Crippen molar-refractivity contribution in [2.24, 2.45) is 11.1 Å². The second-order valence-electron chi connectivity index (χ2n) is 6.40. The minimum absolute atomic E-state index is 0.0523. The average Bonchev–Trinajstić information content (AvgIpc) is 2.62. The number of benzene rings is 1. The molecule has 7 heteroatoms. The van der Waals surface area contributed by atoms with Gasteiger partial charge in [0, 0.05) is 6.42 Å². The highest BCUT2D eigenvalue weighted by Crippen LogP contribution is 2.34. The second-order valence-corrected chi connectivity index (χ2v) is 8.59. The molecule has 0 heterocycles. The van der Waals surface area contributed by atoms with Gasteiger partial charge in [-0.15, -0.1) is 0 Å². The summed E-state index contributed by atoms with van der Waals surface area (Å²) in [7, 11) is -2.21. The minimum atomic E-state index is -3.48. The number of ether oxygens (including phenoxy) is 1. The molecule has 0 bridgehead atoms. The smallest absolute Gasteiger partial charge is 0.305 e. The largest absolute Gasteiger partial charge is 0.469 e. The van der Waals surface area contributed by atoms with Crippen LogP contribution in [0.25, 0.3) is 5.57 Å². The number of nitrogens with two attached hydrogens (primary N) is 1. The number of carbonyl (C=O) groups is 1. The van der Waals surface area contributed by atoms with Gasteiger partial charge in [0.2, 0.25) is 0 Å². The fourth-order valence-corrected chi connectivity index (χ4v) is 4.79. The first-order valence-corrected chi connectivity index (χ1v) is 10.2. The van der Waals surface area contributed by atoms with Gasteiger partial charge >= 0.3 is 5.97 Å². The molecule has 140 valence electrons. The minimum Gasteiger partial charge on any atom is -0.469 e. The summed E-state index contributed by atoms with van der Waals surface area (Å²) in [5.74, 6) is -0.991. The summed E-state index contributed by atoms with van der Waals surface area (Å²) in [5, 5.41) is 7.92. The van der Waals surface area contributed by atoms with E-state index in [0.717, 1.165) is 11.1 Å². The lowest BCUT2D eigenvalue weighted by atomic mass is 9.79.